The zero-order valence-electron chi connectivity index (χ0n) is 15.9. The van der Waals surface area contributed by atoms with Gasteiger partial charge in [0.2, 0.25) is 11.8 Å². The van der Waals surface area contributed by atoms with Gasteiger partial charge in [0, 0.05) is 32.4 Å². The van der Waals surface area contributed by atoms with E-state index in [-0.39, 0.29) is 18.2 Å². The molecule has 0 aliphatic rings. The number of nitrogens with one attached hydrogen (secondary N) is 3. The third-order valence-corrected chi connectivity index (χ3v) is 3.93. The van der Waals surface area contributed by atoms with Crippen molar-refractivity contribution < 1.29 is 19.5 Å². The Kier molecular flexibility index (Phi) is 17.0. The molecule has 0 aromatic rings. The van der Waals surface area contributed by atoms with Gasteiger partial charge in [-0.3, -0.25) is 19.8 Å². The van der Waals surface area contributed by atoms with Crippen LogP contribution in [0.5, 0.6) is 0 Å². The minimum atomic E-state index is -0.773. The van der Waals surface area contributed by atoms with Gasteiger partial charge in [0.05, 0.1) is 0 Å². The lowest BCUT2D eigenvalue weighted by Gasteiger charge is -2.07. The predicted molar refractivity (Wildman–Crippen MR) is 101 cm³/mol. The van der Waals surface area contributed by atoms with Gasteiger partial charge in [-0.1, -0.05) is 19.3 Å². The van der Waals surface area contributed by atoms with Crippen LogP contribution in [0, 0.1) is 0 Å². The van der Waals surface area contributed by atoms with E-state index >= 15 is 0 Å². The van der Waals surface area contributed by atoms with E-state index in [9.17, 15) is 14.4 Å². The van der Waals surface area contributed by atoms with Gasteiger partial charge in [-0.05, 0) is 45.1 Å². The Morgan fingerprint density at radius 2 is 1.27 bits per heavy atom. The molecule has 0 heterocycles. The Morgan fingerprint density at radius 1 is 0.692 bits per heavy atom. The average molecular weight is 373 g/mol. The predicted octanol–water partition coefficient (Wildman–Crippen LogP) is 1.45. The number of rotatable bonds is 18. The van der Waals surface area contributed by atoms with Crippen LogP contribution in [-0.4, -0.2) is 42.5 Å². The first-order valence-corrected chi connectivity index (χ1v) is 9.76. The van der Waals surface area contributed by atoms with E-state index in [0.717, 1.165) is 51.4 Å². The molecule has 0 aromatic heterocycles. The summed E-state index contributed by atoms with van der Waals surface area (Å²) in [5.74, 6) is -0.725. The van der Waals surface area contributed by atoms with Crippen molar-refractivity contribution in [3.63, 3.8) is 0 Å². The van der Waals surface area contributed by atoms with Gasteiger partial charge in [-0.2, -0.15) is 0 Å². The fraction of sp³-hybridized carbons (Fsp3) is 0.833. The largest absolute Gasteiger partial charge is 0.481 e. The van der Waals surface area contributed by atoms with E-state index in [1.807, 2.05) is 0 Å². The molecule has 0 fully saturated rings. The van der Waals surface area contributed by atoms with Gasteiger partial charge in [0.25, 0.3) is 0 Å². The molecule has 0 saturated carbocycles. The molecule has 0 spiro atoms. The number of nitrogens with two attached hydrogens (primary N) is 1. The van der Waals surface area contributed by atoms with Crippen molar-refractivity contribution in [3.05, 3.63) is 0 Å². The molecule has 6 N–H and O–H groups in total. The zero-order chi connectivity index (χ0) is 19.5. The molecule has 0 rings (SSSR count). The molecule has 0 aliphatic heterocycles. The average Bonchev–Trinajstić information content (AvgIpc) is 2.60. The van der Waals surface area contributed by atoms with E-state index < -0.39 is 5.97 Å². The minimum absolute atomic E-state index is 0.00440. The Morgan fingerprint density at radius 3 is 1.92 bits per heavy atom. The normalized spacial score (nSPS) is 10.5. The third kappa shape index (κ3) is 18.7. The molecule has 2 amide bonds. The molecule has 152 valence electrons. The van der Waals surface area contributed by atoms with Crippen molar-refractivity contribution >= 4 is 17.8 Å². The monoisotopic (exact) mass is 372 g/mol. The molecule has 0 saturated heterocycles. The lowest BCUT2D eigenvalue weighted by molar-refractivity contribution is -0.137. The van der Waals surface area contributed by atoms with Crippen molar-refractivity contribution in [2.45, 2.75) is 77.0 Å². The first kappa shape index (κ1) is 24.3. The topological polar surface area (TPSA) is 134 Å². The molecule has 8 heteroatoms. The molecule has 0 aromatic carbocycles. The Labute approximate surface area is 156 Å². The molecule has 8 nitrogen and oxygen atoms in total. The standard InChI is InChI=1S/C18H36N4O4/c19-13-7-1-4-11-17(24)22-21-15-9-2-5-10-16(23)20-14-8-3-6-12-18(25)26/h21H,1-15,19H2,(H,20,23)(H,22,24)(H,25,26). The summed E-state index contributed by atoms with van der Waals surface area (Å²) in [5, 5.41) is 11.4. The fourth-order valence-corrected chi connectivity index (χ4v) is 2.40. The van der Waals surface area contributed by atoms with Crippen LogP contribution in [0.25, 0.3) is 0 Å². The van der Waals surface area contributed by atoms with E-state index in [0.29, 0.717) is 38.9 Å². The fourth-order valence-electron chi connectivity index (χ4n) is 2.40. The SMILES string of the molecule is NCCCCCC(=O)NNCCCCCC(=O)NCCCCCC(=O)O. The van der Waals surface area contributed by atoms with E-state index in [1.165, 1.54) is 0 Å². The van der Waals surface area contributed by atoms with Crippen molar-refractivity contribution in [3.8, 4) is 0 Å². The van der Waals surface area contributed by atoms with Gasteiger partial charge < -0.3 is 16.2 Å². The second-order valence-electron chi connectivity index (χ2n) is 6.44. The molecule has 26 heavy (non-hydrogen) atoms. The second kappa shape index (κ2) is 18.1. The number of aliphatic carboxylic acids is 1. The lowest BCUT2D eigenvalue weighted by Crippen LogP contribution is -2.37. The summed E-state index contributed by atoms with van der Waals surface area (Å²) < 4.78 is 0. The Balaban J connectivity index is 3.29. The van der Waals surface area contributed by atoms with Crippen molar-refractivity contribution in [2.75, 3.05) is 19.6 Å². The number of hydrazine groups is 1. The summed E-state index contributed by atoms with van der Waals surface area (Å²) in [5.41, 5.74) is 11.0. The van der Waals surface area contributed by atoms with Crippen LogP contribution in [0.1, 0.15) is 77.0 Å². The number of carboxylic acids is 1. The maximum absolute atomic E-state index is 11.6. The quantitative estimate of drug-likeness (QED) is 0.183. The Hall–Kier alpha value is -1.67. The lowest BCUT2D eigenvalue weighted by atomic mass is 10.1. The molecular weight excluding hydrogens is 336 g/mol. The van der Waals surface area contributed by atoms with Gasteiger partial charge >= 0.3 is 5.97 Å². The van der Waals surface area contributed by atoms with Crippen molar-refractivity contribution in [1.29, 1.82) is 0 Å². The number of hydrogen-bond acceptors (Lipinski definition) is 5. The minimum Gasteiger partial charge on any atom is -0.481 e. The zero-order valence-corrected chi connectivity index (χ0v) is 15.9. The highest BCUT2D eigenvalue weighted by atomic mass is 16.4. The number of carbonyl (C=O) groups is 3. The summed E-state index contributed by atoms with van der Waals surface area (Å²) >= 11 is 0. The van der Waals surface area contributed by atoms with Gasteiger partial charge in [-0.15, -0.1) is 0 Å². The van der Waals surface area contributed by atoms with Crippen molar-refractivity contribution in [1.82, 2.24) is 16.2 Å². The van der Waals surface area contributed by atoms with Crippen molar-refractivity contribution in [2.24, 2.45) is 5.73 Å². The highest BCUT2D eigenvalue weighted by Crippen LogP contribution is 2.01. The van der Waals surface area contributed by atoms with Crippen LogP contribution in [-0.2, 0) is 14.4 Å². The van der Waals surface area contributed by atoms with Crippen LogP contribution >= 0.6 is 0 Å². The number of carbonyl (C=O) groups excluding carboxylic acids is 2. The molecule has 0 bridgehead atoms. The van der Waals surface area contributed by atoms with E-state index in [4.69, 9.17) is 10.8 Å². The van der Waals surface area contributed by atoms with Crippen LogP contribution in [0.4, 0.5) is 0 Å². The summed E-state index contributed by atoms with van der Waals surface area (Å²) in [7, 11) is 0. The summed E-state index contributed by atoms with van der Waals surface area (Å²) in [4.78, 5) is 33.5. The number of unbranched alkanes of at least 4 members (excludes halogenated alkanes) is 6. The second-order valence-corrected chi connectivity index (χ2v) is 6.44. The first-order valence-electron chi connectivity index (χ1n) is 9.76. The molecular formula is C18H36N4O4. The summed E-state index contributed by atoms with van der Waals surface area (Å²) in [6.07, 6.45) is 8.94. The van der Waals surface area contributed by atoms with E-state index in [2.05, 4.69) is 16.2 Å². The first-order chi connectivity index (χ1) is 12.6. The molecule has 0 atom stereocenters. The van der Waals surface area contributed by atoms with Gasteiger partial charge in [0.1, 0.15) is 0 Å². The van der Waals surface area contributed by atoms with Gasteiger partial charge in [-0.25, -0.2) is 5.43 Å². The summed E-state index contributed by atoms with van der Waals surface area (Å²) in [6, 6.07) is 0. The molecule has 0 radical (unpaired) electrons. The molecule has 0 aliphatic carbocycles. The number of amides is 2. The Bertz CT molecular complexity index is 391. The highest BCUT2D eigenvalue weighted by molar-refractivity contribution is 5.75. The van der Waals surface area contributed by atoms with Gasteiger partial charge in [0.15, 0.2) is 0 Å². The maximum atomic E-state index is 11.6. The molecule has 0 unspecified atom stereocenters. The van der Waals surface area contributed by atoms with Crippen LogP contribution in [0.2, 0.25) is 0 Å². The number of carboxylic acid groups (broad SMARTS) is 1. The number of hydrogen-bond donors (Lipinski definition) is 5. The summed E-state index contributed by atoms with van der Waals surface area (Å²) in [6.45, 7) is 1.97. The third-order valence-electron chi connectivity index (χ3n) is 3.93. The highest BCUT2D eigenvalue weighted by Gasteiger charge is 2.02. The smallest absolute Gasteiger partial charge is 0.303 e. The van der Waals surface area contributed by atoms with Crippen LogP contribution < -0.4 is 21.9 Å². The van der Waals surface area contributed by atoms with E-state index in [1.54, 1.807) is 0 Å². The maximum Gasteiger partial charge on any atom is 0.303 e. The van der Waals surface area contributed by atoms with Crippen LogP contribution in [0.3, 0.4) is 0 Å². The van der Waals surface area contributed by atoms with Crippen LogP contribution in [0.15, 0.2) is 0 Å².